The first kappa shape index (κ1) is 22.6. The van der Waals surface area contributed by atoms with Crippen LogP contribution in [0.3, 0.4) is 0 Å². The lowest BCUT2D eigenvalue weighted by atomic mass is 10.3. The number of nitrogens with zero attached hydrogens (tertiary/aromatic N) is 8. The Hall–Kier alpha value is -1.70. The Morgan fingerprint density at radius 1 is 1.32 bits per heavy atom. The third-order valence-corrected chi connectivity index (χ3v) is 4.95. The van der Waals surface area contributed by atoms with Crippen molar-refractivity contribution in [3.8, 4) is 5.88 Å². The molecule has 28 heavy (non-hydrogen) atoms. The van der Waals surface area contributed by atoms with E-state index in [9.17, 15) is 0 Å². The lowest BCUT2D eigenvalue weighted by Crippen LogP contribution is -2.52. The van der Waals surface area contributed by atoms with Crippen LogP contribution in [0.2, 0.25) is 0 Å². The Kier molecular flexibility index (Phi) is 8.66. The van der Waals surface area contributed by atoms with Gasteiger partial charge in [0.05, 0.1) is 24.3 Å². The van der Waals surface area contributed by atoms with E-state index in [1.54, 1.807) is 26.7 Å². The van der Waals surface area contributed by atoms with Crippen LogP contribution in [0, 0.1) is 0 Å². The minimum Gasteiger partial charge on any atom is -0.480 e. The van der Waals surface area contributed by atoms with E-state index in [1.807, 2.05) is 4.57 Å². The first-order chi connectivity index (χ1) is 13.2. The summed E-state index contributed by atoms with van der Waals surface area (Å²) in [6.45, 7) is 6.75. The van der Waals surface area contributed by atoms with Gasteiger partial charge < -0.3 is 24.4 Å². The quantitative estimate of drug-likeness (QED) is 0.330. The number of hydrogen-bond acceptors (Lipinski definition) is 7. The Morgan fingerprint density at radius 3 is 2.71 bits per heavy atom. The maximum Gasteiger partial charge on any atom is 0.232 e. The number of piperazine rings is 1. The van der Waals surface area contributed by atoms with Gasteiger partial charge in [0.15, 0.2) is 11.8 Å². The van der Waals surface area contributed by atoms with Crippen molar-refractivity contribution in [3.63, 3.8) is 0 Å². The number of aromatic nitrogens is 5. The molecule has 0 unspecified atom stereocenters. The van der Waals surface area contributed by atoms with E-state index in [-0.39, 0.29) is 24.0 Å². The number of ether oxygens (including phenoxy) is 1. The van der Waals surface area contributed by atoms with E-state index in [0.717, 1.165) is 49.0 Å². The molecule has 154 valence electrons. The fraction of sp³-hybridized carbons (Fsp3) is 0.562. The highest BCUT2D eigenvalue weighted by atomic mass is 127. The van der Waals surface area contributed by atoms with Crippen molar-refractivity contribution >= 4 is 51.8 Å². The van der Waals surface area contributed by atoms with E-state index >= 15 is 0 Å². The van der Waals surface area contributed by atoms with Crippen LogP contribution in [0.4, 0.5) is 5.95 Å². The number of anilines is 1. The number of aryl methyl sites for hydroxylation is 1. The largest absolute Gasteiger partial charge is 0.480 e. The molecule has 1 aliphatic heterocycles. The Balaban J connectivity index is 0.00000280. The lowest BCUT2D eigenvalue weighted by molar-refractivity contribution is 0.365. The fourth-order valence-corrected chi connectivity index (χ4v) is 3.28. The molecule has 0 radical (unpaired) electrons. The molecule has 1 saturated heterocycles. The van der Waals surface area contributed by atoms with Gasteiger partial charge in [0.25, 0.3) is 0 Å². The van der Waals surface area contributed by atoms with Crippen molar-refractivity contribution < 1.29 is 4.74 Å². The van der Waals surface area contributed by atoms with E-state index in [1.165, 1.54) is 0 Å². The van der Waals surface area contributed by atoms with E-state index < -0.39 is 0 Å². The summed E-state index contributed by atoms with van der Waals surface area (Å²) < 4.78 is 8.02. The fourth-order valence-electron chi connectivity index (χ4n) is 2.93. The molecule has 0 bridgehead atoms. The van der Waals surface area contributed by atoms with Crippen LogP contribution in [-0.4, -0.2) is 75.9 Å². The summed E-state index contributed by atoms with van der Waals surface area (Å²) in [5.41, 5.74) is 0. The van der Waals surface area contributed by atoms with Crippen LogP contribution in [-0.2, 0) is 13.1 Å². The number of methoxy groups -OCH3 is 1. The van der Waals surface area contributed by atoms with Gasteiger partial charge in [-0.1, -0.05) is 0 Å². The van der Waals surface area contributed by atoms with Crippen molar-refractivity contribution in [2.45, 2.75) is 20.0 Å². The molecule has 12 heteroatoms. The van der Waals surface area contributed by atoms with Gasteiger partial charge in [-0.3, -0.25) is 4.99 Å². The summed E-state index contributed by atoms with van der Waals surface area (Å²) in [6.07, 6.45) is 3.46. The minimum absolute atomic E-state index is 0. The van der Waals surface area contributed by atoms with Gasteiger partial charge in [0, 0.05) is 39.8 Å². The highest BCUT2D eigenvalue weighted by Gasteiger charge is 2.22. The highest BCUT2D eigenvalue weighted by Crippen LogP contribution is 2.23. The summed E-state index contributed by atoms with van der Waals surface area (Å²) >= 11 is 3.38. The molecule has 1 fully saturated rings. The first-order valence-electron chi connectivity index (χ1n) is 8.80. The summed E-state index contributed by atoms with van der Waals surface area (Å²) in [7, 11) is 3.39. The zero-order chi connectivity index (χ0) is 19.2. The van der Waals surface area contributed by atoms with E-state index in [2.05, 4.69) is 63.1 Å². The Bertz CT molecular complexity index is 792. The molecule has 2 aromatic rings. The third-order valence-electron chi connectivity index (χ3n) is 4.41. The zero-order valence-corrected chi connectivity index (χ0v) is 20.1. The summed E-state index contributed by atoms with van der Waals surface area (Å²) in [6, 6.07) is 0. The van der Waals surface area contributed by atoms with Crippen molar-refractivity contribution in [1.29, 1.82) is 0 Å². The minimum atomic E-state index is 0. The summed E-state index contributed by atoms with van der Waals surface area (Å²) in [5, 5.41) is 11.5. The zero-order valence-electron chi connectivity index (χ0n) is 16.2. The molecule has 0 aromatic carbocycles. The molecule has 10 nitrogen and oxygen atoms in total. The second kappa shape index (κ2) is 10.7. The van der Waals surface area contributed by atoms with Crippen molar-refractivity contribution in [2.24, 2.45) is 4.99 Å². The van der Waals surface area contributed by atoms with Gasteiger partial charge in [-0.05, 0) is 22.9 Å². The molecule has 1 N–H and O–H groups in total. The molecule has 2 aromatic heterocycles. The summed E-state index contributed by atoms with van der Waals surface area (Å²) in [5.74, 6) is 2.97. The van der Waals surface area contributed by atoms with Gasteiger partial charge in [0.2, 0.25) is 11.8 Å². The van der Waals surface area contributed by atoms with Crippen LogP contribution >= 0.6 is 39.9 Å². The number of rotatable bonds is 5. The maximum absolute atomic E-state index is 5.26. The second-order valence-corrected chi connectivity index (χ2v) is 6.79. The number of halogens is 2. The van der Waals surface area contributed by atoms with Crippen molar-refractivity contribution in [1.82, 2.24) is 34.9 Å². The smallest absolute Gasteiger partial charge is 0.232 e. The van der Waals surface area contributed by atoms with Crippen LogP contribution < -0.4 is 15.0 Å². The average Bonchev–Trinajstić information content (AvgIpc) is 3.17. The predicted octanol–water partition coefficient (Wildman–Crippen LogP) is 1.37. The van der Waals surface area contributed by atoms with Gasteiger partial charge in [-0.15, -0.1) is 34.2 Å². The van der Waals surface area contributed by atoms with Gasteiger partial charge in [-0.2, -0.15) is 4.98 Å². The molecule has 3 heterocycles. The molecule has 3 rings (SSSR count). The van der Waals surface area contributed by atoms with Gasteiger partial charge in [-0.25, -0.2) is 4.98 Å². The van der Waals surface area contributed by atoms with E-state index in [4.69, 9.17) is 4.74 Å². The Morgan fingerprint density at radius 2 is 2.07 bits per heavy atom. The third kappa shape index (κ3) is 5.21. The molecule has 0 aliphatic carbocycles. The molecular weight excluding hydrogens is 541 g/mol. The number of aliphatic imine (C=N–C) groups is 1. The predicted molar refractivity (Wildman–Crippen MR) is 121 cm³/mol. The normalized spacial score (nSPS) is 14.6. The van der Waals surface area contributed by atoms with Crippen LogP contribution in [0.15, 0.2) is 22.0 Å². The van der Waals surface area contributed by atoms with Crippen LogP contribution in [0.1, 0.15) is 12.7 Å². The van der Waals surface area contributed by atoms with Crippen molar-refractivity contribution in [3.05, 3.63) is 22.8 Å². The molecule has 1 aliphatic rings. The number of nitrogens with one attached hydrogen (secondary N) is 1. The van der Waals surface area contributed by atoms with Crippen LogP contribution in [0.25, 0.3) is 0 Å². The molecule has 0 amide bonds. The van der Waals surface area contributed by atoms with Gasteiger partial charge in [0.1, 0.15) is 6.33 Å². The molecule has 0 spiro atoms. The topological polar surface area (TPSA) is 96.6 Å². The molecule has 0 atom stereocenters. The number of hydrogen-bond donors (Lipinski definition) is 1. The van der Waals surface area contributed by atoms with Gasteiger partial charge >= 0.3 is 0 Å². The number of guanidine groups is 1. The van der Waals surface area contributed by atoms with Crippen molar-refractivity contribution in [2.75, 3.05) is 45.2 Å². The highest BCUT2D eigenvalue weighted by molar-refractivity contribution is 14.0. The van der Waals surface area contributed by atoms with E-state index in [0.29, 0.717) is 18.4 Å². The summed E-state index contributed by atoms with van der Waals surface area (Å²) in [4.78, 5) is 17.6. The SMILES string of the molecule is CCn1cnnc1CNC(=NC)N1CCN(c2ncc(Br)c(OC)n2)CC1.I. The monoisotopic (exact) mass is 565 g/mol. The second-order valence-electron chi connectivity index (χ2n) is 5.94. The lowest BCUT2D eigenvalue weighted by Gasteiger charge is -2.36. The molecular formula is C16H25BrIN9O. The maximum atomic E-state index is 5.26. The average molecular weight is 566 g/mol. The van der Waals surface area contributed by atoms with Crippen LogP contribution in [0.5, 0.6) is 5.88 Å². The Labute approximate surface area is 189 Å². The molecule has 0 saturated carbocycles. The first-order valence-corrected chi connectivity index (χ1v) is 9.59. The standard InChI is InChI=1S/C16H24BrN9O.HI/c1-4-24-11-21-23-13(24)10-20-15(18-2)25-5-7-26(8-6-25)16-19-9-12(17)14(22-16)27-3;/h9,11H,4-8,10H2,1-3H3,(H,18,20);1H.